The predicted octanol–water partition coefficient (Wildman–Crippen LogP) is 4.28. The number of nitrogens with zero attached hydrogens (tertiary/aromatic N) is 4. The smallest absolute Gasteiger partial charge is 0.255 e. The lowest BCUT2D eigenvalue weighted by Gasteiger charge is -2.35. The van der Waals surface area contributed by atoms with Crippen LogP contribution in [0.5, 0.6) is 11.5 Å². The molecular formula is C24H25BrN4O3. The van der Waals surface area contributed by atoms with Crippen LogP contribution < -0.4 is 14.4 Å². The van der Waals surface area contributed by atoms with E-state index >= 15 is 0 Å². The second-order valence-corrected chi connectivity index (χ2v) is 8.20. The van der Waals surface area contributed by atoms with E-state index in [4.69, 9.17) is 9.47 Å². The first-order valence-corrected chi connectivity index (χ1v) is 11.3. The number of methoxy groups -OCH3 is 1. The fraction of sp³-hybridized carbons (Fsp3) is 0.292. The summed E-state index contributed by atoms with van der Waals surface area (Å²) in [5.41, 5.74) is 2.48. The number of carbonyl (C=O) groups is 1. The number of hydrogen-bond acceptors (Lipinski definition) is 6. The van der Waals surface area contributed by atoms with Gasteiger partial charge in [-0.3, -0.25) is 4.79 Å². The minimum Gasteiger partial charge on any atom is -0.497 e. The summed E-state index contributed by atoms with van der Waals surface area (Å²) in [4.78, 5) is 26.0. The third-order valence-electron chi connectivity index (χ3n) is 5.41. The second kappa shape index (κ2) is 9.99. The van der Waals surface area contributed by atoms with E-state index in [2.05, 4.69) is 30.8 Å². The maximum atomic E-state index is 13.0. The molecule has 0 atom stereocenters. The van der Waals surface area contributed by atoms with E-state index in [0.717, 1.165) is 27.3 Å². The lowest BCUT2D eigenvalue weighted by molar-refractivity contribution is 0.0745. The molecule has 4 rings (SSSR count). The molecule has 0 spiro atoms. The van der Waals surface area contributed by atoms with Gasteiger partial charge < -0.3 is 19.3 Å². The van der Waals surface area contributed by atoms with E-state index in [1.165, 1.54) is 0 Å². The highest BCUT2D eigenvalue weighted by molar-refractivity contribution is 9.10. The average Bonchev–Trinajstić information content (AvgIpc) is 2.85. The first-order valence-electron chi connectivity index (χ1n) is 10.5. The summed E-state index contributed by atoms with van der Waals surface area (Å²) >= 11 is 3.48. The van der Waals surface area contributed by atoms with E-state index in [1.54, 1.807) is 19.5 Å². The van der Waals surface area contributed by atoms with Crippen LogP contribution in [0.15, 0.2) is 59.3 Å². The van der Waals surface area contributed by atoms with E-state index in [-0.39, 0.29) is 5.91 Å². The van der Waals surface area contributed by atoms with Gasteiger partial charge in [0.15, 0.2) is 0 Å². The minimum absolute atomic E-state index is 0.00631. The molecule has 32 heavy (non-hydrogen) atoms. The predicted molar refractivity (Wildman–Crippen MR) is 127 cm³/mol. The topological polar surface area (TPSA) is 67.8 Å². The molecule has 1 fully saturated rings. The Hall–Kier alpha value is -3.13. The normalized spacial score (nSPS) is 13.7. The summed E-state index contributed by atoms with van der Waals surface area (Å²) in [7, 11) is 1.60. The number of halogens is 1. The van der Waals surface area contributed by atoms with Crippen molar-refractivity contribution in [2.75, 3.05) is 44.8 Å². The van der Waals surface area contributed by atoms with Crippen molar-refractivity contribution in [1.29, 1.82) is 0 Å². The fourth-order valence-corrected chi connectivity index (χ4v) is 4.09. The van der Waals surface area contributed by atoms with E-state index in [1.807, 2.05) is 54.3 Å². The van der Waals surface area contributed by atoms with Gasteiger partial charge in [0, 0.05) is 42.3 Å². The molecule has 1 amide bonds. The largest absolute Gasteiger partial charge is 0.497 e. The van der Waals surface area contributed by atoms with Crippen molar-refractivity contribution in [3.63, 3.8) is 0 Å². The SMILES string of the molecule is CCOc1ccc(-c2cc(N3CCN(C(=O)c4cc(OC)ccc4Br)CC3)ncn2)cc1. The van der Waals surface area contributed by atoms with Gasteiger partial charge in [-0.1, -0.05) is 0 Å². The quantitative estimate of drug-likeness (QED) is 0.507. The number of piperazine rings is 1. The number of ether oxygens (including phenoxy) is 2. The zero-order valence-electron chi connectivity index (χ0n) is 18.1. The van der Waals surface area contributed by atoms with Gasteiger partial charge in [-0.25, -0.2) is 9.97 Å². The molecule has 0 saturated carbocycles. The summed E-state index contributed by atoms with van der Waals surface area (Å²) in [5.74, 6) is 2.36. The van der Waals surface area contributed by atoms with Crippen molar-refractivity contribution in [2.45, 2.75) is 6.92 Å². The van der Waals surface area contributed by atoms with Crippen molar-refractivity contribution in [2.24, 2.45) is 0 Å². The molecule has 166 valence electrons. The van der Waals surface area contributed by atoms with E-state index in [9.17, 15) is 4.79 Å². The number of hydrogen-bond donors (Lipinski definition) is 0. The molecule has 1 aliphatic rings. The van der Waals surface area contributed by atoms with Gasteiger partial charge in [-0.2, -0.15) is 0 Å². The molecule has 0 unspecified atom stereocenters. The number of rotatable bonds is 6. The third-order valence-corrected chi connectivity index (χ3v) is 6.10. The van der Waals surface area contributed by atoms with Crippen molar-refractivity contribution in [3.8, 4) is 22.8 Å². The number of aromatic nitrogens is 2. The van der Waals surface area contributed by atoms with Crippen LogP contribution in [0.1, 0.15) is 17.3 Å². The molecule has 0 N–H and O–H groups in total. The van der Waals surface area contributed by atoms with Crippen LogP contribution in [0.25, 0.3) is 11.3 Å². The highest BCUT2D eigenvalue weighted by atomic mass is 79.9. The molecule has 1 aliphatic heterocycles. The highest BCUT2D eigenvalue weighted by Crippen LogP contribution is 2.26. The fourth-order valence-electron chi connectivity index (χ4n) is 3.67. The van der Waals surface area contributed by atoms with Crippen molar-refractivity contribution in [1.82, 2.24) is 14.9 Å². The maximum absolute atomic E-state index is 13.0. The van der Waals surface area contributed by atoms with E-state index in [0.29, 0.717) is 44.1 Å². The van der Waals surface area contributed by atoms with Crippen molar-refractivity contribution >= 4 is 27.7 Å². The Labute approximate surface area is 196 Å². The Morgan fingerprint density at radius 1 is 1.00 bits per heavy atom. The van der Waals surface area contributed by atoms with Crippen LogP contribution in [0.3, 0.4) is 0 Å². The molecule has 0 radical (unpaired) electrons. The second-order valence-electron chi connectivity index (χ2n) is 7.34. The van der Waals surface area contributed by atoms with Crippen LogP contribution in [0.2, 0.25) is 0 Å². The zero-order chi connectivity index (χ0) is 22.5. The average molecular weight is 497 g/mol. The Kier molecular flexibility index (Phi) is 6.90. The standard InChI is InChI=1S/C24H25BrN4O3/c1-3-32-18-6-4-17(5-7-18)22-15-23(27-16-26-22)28-10-12-29(13-11-28)24(30)20-14-19(31-2)8-9-21(20)25/h4-9,14-16H,3,10-13H2,1-2H3. The first-order chi connectivity index (χ1) is 15.6. The zero-order valence-corrected chi connectivity index (χ0v) is 19.7. The van der Waals surface area contributed by atoms with E-state index < -0.39 is 0 Å². The summed E-state index contributed by atoms with van der Waals surface area (Å²) < 4.78 is 11.5. The van der Waals surface area contributed by atoms with Gasteiger partial charge in [-0.15, -0.1) is 0 Å². The van der Waals surface area contributed by atoms with Crippen LogP contribution >= 0.6 is 15.9 Å². The molecule has 3 aromatic rings. The molecule has 0 aliphatic carbocycles. The number of carbonyl (C=O) groups excluding carboxylic acids is 1. The Bertz CT molecular complexity index is 1080. The first kappa shape index (κ1) is 22.1. The highest BCUT2D eigenvalue weighted by Gasteiger charge is 2.24. The number of amides is 1. The molecule has 0 bridgehead atoms. The van der Waals surface area contributed by atoms with Crippen molar-refractivity contribution in [3.05, 3.63) is 64.9 Å². The van der Waals surface area contributed by atoms with Gasteiger partial charge in [-0.05, 0) is 65.3 Å². The Morgan fingerprint density at radius 3 is 2.41 bits per heavy atom. The van der Waals surface area contributed by atoms with Crippen LogP contribution in [0, 0.1) is 0 Å². The maximum Gasteiger partial charge on any atom is 0.255 e. The molecule has 2 aromatic carbocycles. The molecule has 8 heteroatoms. The summed E-state index contributed by atoms with van der Waals surface area (Å²) in [6, 6.07) is 15.3. The molecule has 2 heterocycles. The van der Waals surface area contributed by atoms with Gasteiger partial charge in [0.25, 0.3) is 5.91 Å². The number of benzene rings is 2. The number of anilines is 1. The lowest BCUT2D eigenvalue weighted by Crippen LogP contribution is -2.49. The molecule has 1 saturated heterocycles. The van der Waals surface area contributed by atoms with Crippen molar-refractivity contribution < 1.29 is 14.3 Å². The van der Waals surface area contributed by atoms with Gasteiger partial charge in [0.05, 0.1) is 25.0 Å². The van der Waals surface area contributed by atoms with Gasteiger partial charge in [0.2, 0.25) is 0 Å². The lowest BCUT2D eigenvalue weighted by atomic mass is 10.1. The Morgan fingerprint density at radius 2 is 1.72 bits per heavy atom. The summed E-state index contributed by atoms with van der Waals surface area (Å²) in [6.45, 7) is 5.24. The molecule has 1 aromatic heterocycles. The van der Waals surface area contributed by atoms with Gasteiger partial charge in [0.1, 0.15) is 23.6 Å². The third kappa shape index (κ3) is 4.85. The van der Waals surface area contributed by atoms with Gasteiger partial charge >= 0.3 is 0 Å². The molecular weight excluding hydrogens is 472 g/mol. The molecule has 7 nitrogen and oxygen atoms in total. The monoisotopic (exact) mass is 496 g/mol. The Balaban J connectivity index is 1.43. The van der Waals surface area contributed by atoms with Crippen LogP contribution in [0.4, 0.5) is 5.82 Å². The summed E-state index contributed by atoms with van der Waals surface area (Å²) in [5, 5.41) is 0. The van der Waals surface area contributed by atoms with Crippen LogP contribution in [-0.4, -0.2) is 60.7 Å². The van der Waals surface area contributed by atoms with Crippen LogP contribution in [-0.2, 0) is 0 Å². The summed E-state index contributed by atoms with van der Waals surface area (Å²) in [6.07, 6.45) is 1.59. The minimum atomic E-state index is -0.00631.